The van der Waals surface area contributed by atoms with Crippen LogP contribution in [0.5, 0.6) is 0 Å². The molecule has 1 aromatic heterocycles. The molecule has 0 saturated heterocycles. The van der Waals surface area contributed by atoms with Crippen molar-refractivity contribution in [2.24, 2.45) is 7.05 Å². The molecular weight excluding hydrogens is 306 g/mol. The zero-order chi connectivity index (χ0) is 17.7. The van der Waals surface area contributed by atoms with E-state index in [1.165, 1.54) is 6.08 Å². The second kappa shape index (κ2) is 7.59. The van der Waals surface area contributed by atoms with Crippen molar-refractivity contribution in [2.75, 3.05) is 11.9 Å². The van der Waals surface area contributed by atoms with Gasteiger partial charge in [-0.1, -0.05) is 17.7 Å². The first-order valence-corrected chi connectivity index (χ1v) is 7.58. The first-order chi connectivity index (χ1) is 11.4. The monoisotopic (exact) mass is 327 g/mol. The molecule has 0 fully saturated rings. The van der Waals surface area contributed by atoms with Gasteiger partial charge in [-0.25, -0.2) is 4.79 Å². The van der Waals surface area contributed by atoms with Gasteiger partial charge in [-0.15, -0.1) is 0 Å². The Morgan fingerprint density at radius 2 is 1.88 bits per heavy atom. The van der Waals surface area contributed by atoms with Crippen LogP contribution >= 0.6 is 0 Å². The number of carbonyl (C=O) groups is 2. The highest BCUT2D eigenvalue weighted by atomic mass is 16.5. The zero-order valence-electron chi connectivity index (χ0n) is 14.3. The number of aryl methyl sites for hydroxylation is 3. The van der Waals surface area contributed by atoms with Gasteiger partial charge in [0.05, 0.1) is 5.69 Å². The summed E-state index contributed by atoms with van der Waals surface area (Å²) in [5.41, 5.74) is 4.42. The fourth-order valence-corrected chi connectivity index (χ4v) is 2.20. The number of amides is 1. The van der Waals surface area contributed by atoms with E-state index in [0.717, 1.165) is 22.5 Å². The number of benzene rings is 1. The Morgan fingerprint density at radius 1 is 1.21 bits per heavy atom. The topological polar surface area (TPSA) is 73.2 Å². The van der Waals surface area contributed by atoms with E-state index in [1.807, 2.05) is 40.0 Å². The van der Waals surface area contributed by atoms with Crippen LogP contribution in [0.4, 0.5) is 5.69 Å². The second-order valence-corrected chi connectivity index (χ2v) is 5.56. The van der Waals surface area contributed by atoms with Crippen LogP contribution < -0.4 is 5.32 Å². The third kappa shape index (κ3) is 4.55. The number of nitrogens with zero attached hydrogens (tertiary/aromatic N) is 2. The van der Waals surface area contributed by atoms with Gasteiger partial charge in [0.1, 0.15) is 0 Å². The van der Waals surface area contributed by atoms with Crippen LogP contribution in [0.2, 0.25) is 0 Å². The van der Waals surface area contributed by atoms with Crippen LogP contribution in [0.3, 0.4) is 0 Å². The second-order valence-electron chi connectivity index (χ2n) is 5.56. The minimum atomic E-state index is -0.572. The van der Waals surface area contributed by atoms with E-state index in [4.69, 9.17) is 4.74 Å². The fourth-order valence-electron chi connectivity index (χ4n) is 2.20. The summed E-state index contributed by atoms with van der Waals surface area (Å²) < 4.78 is 6.69. The Bertz CT molecular complexity index is 774. The highest BCUT2D eigenvalue weighted by Crippen LogP contribution is 2.13. The molecule has 1 N–H and O–H groups in total. The Labute approximate surface area is 141 Å². The summed E-state index contributed by atoms with van der Waals surface area (Å²) in [6, 6.07) is 7.37. The molecule has 0 aliphatic heterocycles. The molecule has 0 spiro atoms. The molecule has 1 amide bonds. The molecule has 0 aliphatic carbocycles. The Morgan fingerprint density at radius 3 is 2.46 bits per heavy atom. The Balaban J connectivity index is 1.85. The SMILES string of the molecule is Cc1ccc(NC(=O)COC(=O)/C=C/c2c(C)nn(C)c2C)cc1. The molecule has 2 aromatic rings. The maximum Gasteiger partial charge on any atom is 0.331 e. The first-order valence-electron chi connectivity index (χ1n) is 7.58. The van der Waals surface area contributed by atoms with Crippen molar-refractivity contribution < 1.29 is 14.3 Å². The van der Waals surface area contributed by atoms with E-state index in [2.05, 4.69) is 10.4 Å². The number of anilines is 1. The summed E-state index contributed by atoms with van der Waals surface area (Å²) in [6.45, 7) is 5.42. The van der Waals surface area contributed by atoms with E-state index in [9.17, 15) is 9.59 Å². The Kier molecular flexibility index (Phi) is 5.52. The van der Waals surface area contributed by atoms with Crippen LogP contribution in [0.1, 0.15) is 22.5 Å². The van der Waals surface area contributed by atoms with Crippen molar-refractivity contribution in [1.29, 1.82) is 0 Å². The van der Waals surface area contributed by atoms with Crippen molar-refractivity contribution in [3.05, 3.63) is 52.9 Å². The lowest BCUT2D eigenvalue weighted by Gasteiger charge is -2.05. The van der Waals surface area contributed by atoms with Gasteiger partial charge in [-0.2, -0.15) is 5.10 Å². The lowest BCUT2D eigenvalue weighted by Crippen LogP contribution is -2.20. The van der Waals surface area contributed by atoms with Gasteiger partial charge < -0.3 is 10.1 Å². The van der Waals surface area contributed by atoms with Crippen LogP contribution in [0.15, 0.2) is 30.3 Å². The fraction of sp³-hybridized carbons (Fsp3) is 0.278. The summed E-state index contributed by atoms with van der Waals surface area (Å²) in [7, 11) is 1.84. The van der Waals surface area contributed by atoms with Gasteiger partial charge in [0.15, 0.2) is 6.61 Å². The average Bonchev–Trinajstić information content (AvgIpc) is 2.78. The third-order valence-corrected chi connectivity index (χ3v) is 3.63. The van der Waals surface area contributed by atoms with Crippen molar-refractivity contribution in [1.82, 2.24) is 9.78 Å². The average molecular weight is 327 g/mol. The smallest absolute Gasteiger partial charge is 0.331 e. The molecule has 0 atom stereocenters. The maximum atomic E-state index is 11.8. The minimum Gasteiger partial charge on any atom is -0.452 e. The van der Waals surface area contributed by atoms with Crippen molar-refractivity contribution in [3.8, 4) is 0 Å². The van der Waals surface area contributed by atoms with E-state index in [0.29, 0.717) is 5.69 Å². The number of ether oxygens (including phenoxy) is 1. The van der Waals surface area contributed by atoms with E-state index in [-0.39, 0.29) is 12.5 Å². The largest absolute Gasteiger partial charge is 0.452 e. The molecular formula is C18H21N3O3. The Hall–Kier alpha value is -2.89. The molecule has 0 unspecified atom stereocenters. The van der Waals surface area contributed by atoms with Crippen LogP contribution in [0.25, 0.3) is 6.08 Å². The van der Waals surface area contributed by atoms with Crippen LogP contribution in [-0.4, -0.2) is 28.3 Å². The normalized spacial score (nSPS) is 10.8. The zero-order valence-corrected chi connectivity index (χ0v) is 14.3. The highest BCUT2D eigenvalue weighted by Gasteiger charge is 2.08. The molecule has 1 aromatic carbocycles. The minimum absolute atomic E-state index is 0.331. The van der Waals surface area contributed by atoms with E-state index >= 15 is 0 Å². The number of rotatable bonds is 5. The van der Waals surface area contributed by atoms with Gasteiger partial charge in [0.2, 0.25) is 0 Å². The molecule has 2 rings (SSSR count). The van der Waals surface area contributed by atoms with Crippen molar-refractivity contribution >= 4 is 23.6 Å². The third-order valence-electron chi connectivity index (χ3n) is 3.63. The molecule has 6 nitrogen and oxygen atoms in total. The number of carbonyl (C=O) groups excluding carboxylic acids is 2. The molecule has 1 heterocycles. The molecule has 0 saturated carbocycles. The quantitative estimate of drug-likeness (QED) is 0.676. The number of hydrogen-bond donors (Lipinski definition) is 1. The van der Waals surface area contributed by atoms with Gasteiger partial charge in [0.25, 0.3) is 5.91 Å². The lowest BCUT2D eigenvalue weighted by atomic mass is 10.2. The van der Waals surface area contributed by atoms with E-state index < -0.39 is 5.97 Å². The van der Waals surface area contributed by atoms with Gasteiger partial charge >= 0.3 is 5.97 Å². The maximum absolute atomic E-state index is 11.8. The molecule has 6 heteroatoms. The predicted molar refractivity (Wildman–Crippen MR) is 92.5 cm³/mol. The van der Waals surface area contributed by atoms with Gasteiger partial charge in [0, 0.05) is 30.1 Å². The molecule has 0 bridgehead atoms. The molecule has 0 radical (unpaired) electrons. The molecule has 0 aliphatic rings. The number of esters is 1. The standard InChI is InChI=1S/C18H21N3O3/c1-12-5-7-15(8-6-12)19-17(22)11-24-18(23)10-9-16-13(2)20-21(4)14(16)3/h5-10H,11H2,1-4H3,(H,19,22)/b10-9+. The van der Waals surface area contributed by atoms with Gasteiger partial charge in [-0.05, 0) is 39.0 Å². The highest BCUT2D eigenvalue weighted by molar-refractivity contribution is 5.94. The number of nitrogens with one attached hydrogen (secondary N) is 1. The van der Waals surface area contributed by atoms with Crippen molar-refractivity contribution in [2.45, 2.75) is 20.8 Å². The molecule has 126 valence electrons. The number of hydrogen-bond acceptors (Lipinski definition) is 4. The molecule has 24 heavy (non-hydrogen) atoms. The van der Waals surface area contributed by atoms with E-state index in [1.54, 1.807) is 22.9 Å². The van der Waals surface area contributed by atoms with Gasteiger partial charge in [-0.3, -0.25) is 9.48 Å². The first kappa shape index (κ1) is 17.5. The van der Waals surface area contributed by atoms with Crippen LogP contribution in [0, 0.1) is 20.8 Å². The summed E-state index contributed by atoms with van der Waals surface area (Å²) in [4.78, 5) is 23.5. The summed E-state index contributed by atoms with van der Waals surface area (Å²) in [6.07, 6.45) is 2.95. The summed E-state index contributed by atoms with van der Waals surface area (Å²) in [5.74, 6) is -0.953. The lowest BCUT2D eigenvalue weighted by molar-refractivity contribution is -0.142. The summed E-state index contributed by atoms with van der Waals surface area (Å²) >= 11 is 0. The van der Waals surface area contributed by atoms with Crippen LogP contribution in [-0.2, 0) is 21.4 Å². The summed E-state index contributed by atoms with van der Waals surface area (Å²) in [5, 5.41) is 6.93. The number of aromatic nitrogens is 2. The predicted octanol–water partition coefficient (Wildman–Crippen LogP) is 2.54. The van der Waals surface area contributed by atoms with Crippen molar-refractivity contribution in [3.63, 3.8) is 0 Å².